The van der Waals surface area contributed by atoms with E-state index in [0.717, 1.165) is 22.4 Å². The van der Waals surface area contributed by atoms with Crippen LogP contribution in [0.2, 0.25) is 0 Å². The summed E-state index contributed by atoms with van der Waals surface area (Å²) < 4.78 is 1.98. The van der Waals surface area contributed by atoms with Gasteiger partial charge in [0.15, 0.2) is 0 Å². The van der Waals surface area contributed by atoms with Gasteiger partial charge in [-0.3, -0.25) is 4.79 Å². The van der Waals surface area contributed by atoms with Gasteiger partial charge < -0.3 is 15.0 Å². The Morgan fingerprint density at radius 2 is 1.83 bits per heavy atom. The molecule has 24 heavy (non-hydrogen) atoms. The number of amides is 1. The van der Waals surface area contributed by atoms with Crippen LogP contribution in [0.3, 0.4) is 0 Å². The van der Waals surface area contributed by atoms with Crippen molar-refractivity contribution in [3.63, 3.8) is 0 Å². The Bertz CT molecular complexity index is 842. The fourth-order valence-electron chi connectivity index (χ4n) is 2.94. The number of hydrogen-bond donors (Lipinski definition) is 2. The third kappa shape index (κ3) is 3.31. The molecule has 0 saturated heterocycles. The molecule has 3 aromatic rings. The second-order valence-electron chi connectivity index (χ2n) is 5.92. The standard InChI is InChI=1S/C19H21N3O2/c1-13(20-14(2)23)19-21-16-10-6-7-11-17(16)22(19)12-18(24)15-8-4-3-5-9-15/h3-11,13,18,24H,12H2,1-2H3,(H,20,23)/t13-,18+/m1/s1. The van der Waals surface area contributed by atoms with E-state index in [1.807, 2.05) is 66.1 Å². The predicted molar refractivity (Wildman–Crippen MR) is 93.4 cm³/mol. The lowest BCUT2D eigenvalue weighted by Gasteiger charge is -2.18. The number of para-hydroxylation sites is 2. The molecule has 0 aliphatic heterocycles. The van der Waals surface area contributed by atoms with E-state index in [-0.39, 0.29) is 11.9 Å². The van der Waals surface area contributed by atoms with E-state index in [2.05, 4.69) is 10.3 Å². The van der Waals surface area contributed by atoms with Crippen molar-refractivity contribution < 1.29 is 9.90 Å². The Hall–Kier alpha value is -2.66. The number of rotatable bonds is 5. The summed E-state index contributed by atoms with van der Waals surface area (Å²) in [5, 5.41) is 13.5. The normalized spacial score (nSPS) is 13.6. The fraction of sp³-hybridized carbons (Fsp3) is 0.263. The van der Waals surface area contributed by atoms with E-state index < -0.39 is 6.10 Å². The molecule has 2 N–H and O–H groups in total. The quantitative estimate of drug-likeness (QED) is 0.758. The molecule has 5 nitrogen and oxygen atoms in total. The molecule has 1 heterocycles. The van der Waals surface area contributed by atoms with Crippen LogP contribution in [0, 0.1) is 0 Å². The number of hydrogen-bond acceptors (Lipinski definition) is 3. The van der Waals surface area contributed by atoms with Gasteiger partial charge in [0.05, 0.1) is 29.7 Å². The maximum absolute atomic E-state index is 11.4. The minimum absolute atomic E-state index is 0.107. The van der Waals surface area contributed by atoms with Crippen molar-refractivity contribution in [2.75, 3.05) is 0 Å². The number of carbonyl (C=O) groups excluding carboxylic acids is 1. The zero-order chi connectivity index (χ0) is 17.1. The van der Waals surface area contributed by atoms with Crippen LogP contribution in [-0.2, 0) is 11.3 Å². The summed E-state index contributed by atoms with van der Waals surface area (Å²) in [6.07, 6.45) is -0.646. The van der Waals surface area contributed by atoms with Gasteiger partial charge in [-0.15, -0.1) is 0 Å². The number of fused-ring (bicyclic) bond motifs is 1. The van der Waals surface area contributed by atoms with Crippen LogP contribution in [-0.4, -0.2) is 20.6 Å². The third-order valence-corrected chi connectivity index (χ3v) is 4.03. The number of imidazole rings is 1. The number of benzene rings is 2. The Labute approximate surface area is 141 Å². The molecule has 5 heteroatoms. The summed E-state index contributed by atoms with van der Waals surface area (Å²) >= 11 is 0. The molecule has 0 radical (unpaired) electrons. The summed E-state index contributed by atoms with van der Waals surface area (Å²) in [6.45, 7) is 3.76. The van der Waals surface area contributed by atoms with E-state index in [1.54, 1.807) is 0 Å². The molecule has 124 valence electrons. The summed E-state index contributed by atoms with van der Waals surface area (Å²) in [5.41, 5.74) is 2.65. The van der Waals surface area contributed by atoms with Gasteiger partial charge in [0.2, 0.25) is 5.91 Å². The Morgan fingerprint density at radius 3 is 2.54 bits per heavy atom. The van der Waals surface area contributed by atoms with E-state index >= 15 is 0 Å². The van der Waals surface area contributed by atoms with Gasteiger partial charge in [0.25, 0.3) is 0 Å². The van der Waals surface area contributed by atoms with Crippen molar-refractivity contribution in [2.24, 2.45) is 0 Å². The summed E-state index contributed by atoms with van der Waals surface area (Å²) in [5.74, 6) is 0.631. The highest BCUT2D eigenvalue weighted by atomic mass is 16.3. The molecule has 0 aliphatic rings. The molecule has 1 amide bonds. The molecule has 2 atom stereocenters. The van der Waals surface area contributed by atoms with Crippen LogP contribution < -0.4 is 5.32 Å². The second kappa shape index (κ2) is 6.84. The molecule has 0 bridgehead atoms. The number of aromatic nitrogens is 2. The predicted octanol–water partition coefficient (Wildman–Crippen LogP) is 2.97. The number of carbonyl (C=O) groups is 1. The summed E-state index contributed by atoms with van der Waals surface area (Å²) in [6, 6.07) is 17.1. The molecular formula is C19H21N3O2. The smallest absolute Gasteiger partial charge is 0.217 e. The van der Waals surface area contributed by atoms with Crippen molar-refractivity contribution in [3.05, 3.63) is 66.0 Å². The van der Waals surface area contributed by atoms with E-state index in [9.17, 15) is 9.90 Å². The number of nitrogens with zero attached hydrogens (tertiary/aromatic N) is 2. The van der Waals surface area contributed by atoms with Gasteiger partial charge in [-0.1, -0.05) is 42.5 Å². The molecule has 3 rings (SSSR count). The maximum atomic E-state index is 11.4. The van der Waals surface area contributed by atoms with Crippen molar-refractivity contribution in [1.29, 1.82) is 0 Å². The SMILES string of the molecule is CC(=O)N[C@H](C)c1nc2ccccc2n1C[C@H](O)c1ccccc1. The Balaban J connectivity index is 1.99. The molecule has 0 aliphatic carbocycles. The first-order chi connectivity index (χ1) is 11.6. The van der Waals surface area contributed by atoms with Gasteiger partial charge in [-0.05, 0) is 24.6 Å². The first-order valence-electron chi connectivity index (χ1n) is 8.01. The van der Waals surface area contributed by atoms with Crippen LogP contribution >= 0.6 is 0 Å². The van der Waals surface area contributed by atoms with Crippen molar-refractivity contribution >= 4 is 16.9 Å². The molecule has 0 spiro atoms. The Kier molecular flexibility index (Phi) is 4.62. The third-order valence-electron chi connectivity index (χ3n) is 4.03. The lowest BCUT2D eigenvalue weighted by atomic mass is 10.1. The highest BCUT2D eigenvalue weighted by Crippen LogP contribution is 2.24. The van der Waals surface area contributed by atoms with Gasteiger partial charge in [0.1, 0.15) is 5.82 Å². The monoisotopic (exact) mass is 323 g/mol. The second-order valence-corrected chi connectivity index (χ2v) is 5.92. The van der Waals surface area contributed by atoms with Gasteiger partial charge in [-0.2, -0.15) is 0 Å². The number of nitrogens with one attached hydrogen (secondary N) is 1. The average molecular weight is 323 g/mol. The van der Waals surface area contributed by atoms with E-state index in [4.69, 9.17) is 0 Å². The first-order valence-corrected chi connectivity index (χ1v) is 8.01. The number of aliphatic hydroxyl groups excluding tert-OH is 1. The lowest BCUT2D eigenvalue weighted by Crippen LogP contribution is -2.27. The molecule has 0 fully saturated rings. The van der Waals surface area contributed by atoms with Crippen LogP contribution in [0.5, 0.6) is 0 Å². The van der Waals surface area contributed by atoms with Crippen LogP contribution in [0.25, 0.3) is 11.0 Å². The van der Waals surface area contributed by atoms with E-state index in [1.165, 1.54) is 6.92 Å². The topological polar surface area (TPSA) is 67.2 Å². The van der Waals surface area contributed by atoms with Gasteiger partial charge >= 0.3 is 0 Å². The number of aliphatic hydroxyl groups is 1. The van der Waals surface area contributed by atoms with Crippen LogP contribution in [0.15, 0.2) is 54.6 Å². The summed E-state index contributed by atoms with van der Waals surface area (Å²) in [7, 11) is 0. The molecule has 2 aromatic carbocycles. The largest absolute Gasteiger partial charge is 0.387 e. The zero-order valence-electron chi connectivity index (χ0n) is 13.8. The van der Waals surface area contributed by atoms with Crippen molar-refractivity contribution in [3.8, 4) is 0 Å². The highest BCUT2D eigenvalue weighted by molar-refractivity contribution is 5.77. The van der Waals surface area contributed by atoms with Gasteiger partial charge in [-0.25, -0.2) is 4.98 Å². The first kappa shape index (κ1) is 16.2. The van der Waals surface area contributed by atoms with Crippen molar-refractivity contribution in [1.82, 2.24) is 14.9 Å². The summed E-state index contributed by atoms with van der Waals surface area (Å²) in [4.78, 5) is 16.0. The highest BCUT2D eigenvalue weighted by Gasteiger charge is 2.19. The minimum atomic E-state index is -0.646. The zero-order valence-corrected chi connectivity index (χ0v) is 13.8. The molecule has 1 aromatic heterocycles. The van der Waals surface area contributed by atoms with Crippen LogP contribution in [0.4, 0.5) is 0 Å². The molecule has 0 saturated carbocycles. The maximum Gasteiger partial charge on any atom is 0.217 e. The van der Waals surface area contributed by atoms with E-state index in [0.29, 0.717) is 6.54 Å². The minimum Gasteiger partial charge on any atom is -0.387 e. The molecule has 0 unspecified atom stereocenters. The lowest BCUT2D eigenvalue weighted by molar-refractivity contribution is -0.119. The Morgan fingerprint density at radius 1 is 1.17 bits per heavy atom. The molecular weight excluding hydrogens is 302 g/mol. The fourth-order valence-corrected chi connectivity index (χ4v) is 2.94. The van der Waals surface area contributed by atoms with Crippen molar-refractivity contribution in [2.45, 2.75) is 32.5 Å². The van der Waals surface area contributed by atoms with Crippen LogP contribution in [0.1, 0.15) is 37.4 Å². The van der Waals surface area contributed by atoms with Gasteiger partial charge in [0, 0.05) is 6.92 Å². The average Bonchev–Trinajstić information content (AvgIpc) is 2.94.